The average molecular weight is 205 g/mol. The van der Waals surface area contributed by atoms with Gasteiger partial charge in [0, 0.05) is 7.05 Å². The lowest BCUT2D eigenvalue weighted by Gasteiger charge is -2.09. The minimum Gasteiger partial charge on any atom is -0.387 e. The van der Waals surface area contributed by atoms with Gasteiger partial charge < -0.3 is 15.7 Å². The third-order valence-electron chi connectivity index (χ3n) is 1.86. The van der Waals surface area contributed by atoms with Crippen LogP contribution in [0.15, 0.2) is 18.2 Å². The van der Waals surface area contributed by atoms with Crippen LogP contribution >= 0.6 is 0 Å². The van der Waals surface area contributed by atoms with Crippen molar-refractivity contribution in [2.24, 2.45) is 0 Å². The molecule has 1 amide bonds. The summed E-state index contributed by atoms with van der Waals surface area (Å²) in [7, 11) is 1.69. The molecule has 0 aliphatic carbocycles. The number of carbonyl (C=O) groups excluding carboxylic acids is 1. The van der Waals surface area contributed by atoms with E-state index in [1.54, 1.807) is 25.2 Å². The van der Waals surface area contributed by atoms with Gasteiger partial charge in [0.15, 0.2) is 0 Å². The van der Waals surface area contributed by atoms with Crippen molar-refractivity contribution in [3.05, 3.63) is 23.8 Å². The monoisotopic (exact) mass is 205 g/mol. The Labute approximate surface area is 87.3 Å². The first kappa shape index (κ1) is 11.0. The first-order chi connectivity index (χ1) is 7.22. The maximum atomic E-state index is 11.0. The lowest BCUT2D eigenvalue weighted by molar-refractivity contribution is -0.118. The Balaban J connectivity index is 3.08. The molecule has 1 rings (SSSR count). The van der Waals surface area contributed by atoms with E-state index in [4.69, 9.17) is 10.4 Å². The first-order valence-electron chi connectivity index (χ1n) is 4.34. The molecule has 0 heterocycles. The van der Waals surface area contributed by atoms with Crippen molar-refractivity contribution in [2.45, 2.75) is 0 Å². The average Bonchev–Trinajstić information content (AvgIpc) is 2.28. The Morgan fingerprint density at radius 3 is 2.73 bits per heavy atom. The minimum atomic E-state index is -0.603. The van der Waals surface area contributed by atoms with Gasteiger partial charge in [-0.25, -0.2) is 0 Å². The predicted octanol–water partition coefficient (Wildman–Crippen LogP) is 0.531. The molecular weight excluding hydrogens is 194 g/mol. The molecule has 0 aliphatic rings. The van der Waals surface area contributed by atoms with Crippen molar-refractivity contribution >= 4 is 17.3 Å². The summed E-state index contributed by atoms with van der Waals surface area (Å²) in [4.78, 5) is 11.0. The van der Waals surface area contributed by atoms with Crippen LogP contribution in [0.5, 0.6) is 0 Å². The predicted molar refractivity (Wildman–Crippen MR) is 56.4 cm³/mol. The zero-order chi connectivity index (χ0) is 11.3. The number of amides is 1. The van der Waals surface area contributed by atoms with E-state index < -0.39 is 12.5 Å². The Bertz CT molecular complexity index is 410. The first-order valence-corrected chi connectivity index (χ1v) is 4.34. The van der Waals surface area contributed by atoms with Crippen LogP contribution in [-0.4, -0.2) is 24.7 Å². The summed E-state index contributed by atoms with van der Waals surface area (Å²) in [6.45, 7) is -0.603. The van der Waals surface area contributed by atoms with Crippen molar-refractivity contribution in [3.8, 4) is 6.07 Å². The fourth-order valence-corrected chi connectivity index (χ4v) is 1.17. The van der Waals surface area contributed by atoms with Crippen LogP contribution in [0.1, 0.15) is 5.56 Å². The Morgan fingerprint density at radius 1 is 1.53 bits per heavy atom. The summed E-state index contributed by atoms with van der Waals surface area (Å²) >= 11 is 0. The highest BCUT2D eigenvalue weighted by Crippen LogP contribution is 2.22. The van der Waals surface area contributed by atoms with Crippen LogP contribution in [-0.2, 0) is 4.79 Å². The van der Waals surface area contributed by atoms with Crippen molar-refractivity contribution in [1.82, 2.24) is 0 Å². The number of nitrogens with zero attached hydrogens (tertiary/aromatic N) is 1. The van der Waals surface area contributed by atoms with E-state index in [-0.39, 0.29) is 0 Å². The molecule has 1 aromatic rings. The largest absolute Gasteiger partial charge is 0.387 e. The van der Waals surface area contributed by atoms with Crippen molar-refractivity contribution in [3.63, 3.8) is 0 Å². The maximum Gasteiger partial charge on any atom is 0.250 e. The summed E-state index contributed by atoms with van der Waals surface area (Å²) in [6.07, 6.45) is 0. The van der Waals surface area contributed by atoms with E-state index >= 15 is 0 Å². The maximum absolute atomic E-state index is 11.0. The van der Waals surface area contributed by atoms with E-state index in [0.29, 0.717) is 16.9 Å². The summed E-state index contributed by atoms with van der Waals surface area (Å²) < 4.78 is 0. The molecule has 78 valence electrons. The van der Waals surface area contributed by atoms with Crippen LogP contribution in [0.3, 0.4) is 0 Å². The summed E-state index contributed by atoms with van der Waals surface area (Å²) in [6, 6.07) is 7.03. The molecule has 0 aliphatic heterocycles. The summed E-state index contributed by atoms with van der Waals surface area (Å²) in [5, 5.41) is 22.8. The van der Waals surface area contributed by atoms with Gasteiger partial charge in [0.2, 0.25) is 5.91 Å². The van der Waals surface area contributed by atoms with Crippen LogP contribution < -0.4 is 10.6 Å². The van der Waals surface area contributed by atoms with Gasteiger partial charge in [-0.3, -0.25) is 4.79 Å². The van der Waals surface area contributed by atoms with E-state index in [2.05, 4.69) is 10.6 Å². The number of carbonyl (C=O) groups is 1. The van der Waals surface area contributed by atoms with Crippen molar-refractivity contribution < 1.29 is 9.90 Å². The summed E-state index contributed by atoms with van der Waals surface area (Å²) in [5.41, 5.74) is 1.37. The SMILES string of the molecule is CNc1cccc(NC(=O)CO)c1C#N. The molecule has 1 aromatic carbocycles. The number of aliphatic hydroxyl groups excluding tert-OH is 1. The number of hydrogen-bond donors (Lipinski definition) is 3. The fourth-order valence-electron chi connectivity index (χ4n) is 1.17. The van der Waals surface area contributed by atoms with Crippen molar-refractivity contribution in [1.29, 1.82) is 5.26 Å². The number of nitrogens with one attached hydrogen (secondary N) is 2. The second-order valence-electron chi connectivity index (χ2n) is 2.80. The molecule has 5 heteroatoms. The topological polar surface area (TPSA) is 85.2 Å². The minimum absolute atomic E-state index is 0.349. The third kappa shape index (κ3) is 2.45. The Kier molecular flexibility index (Phi) is 3.66. The van der Waals surface area contributed by atoms with Gasteiger partial charge in [0.05, 0.1) is 16.9 Å². The molecule has 0 unspecified atom stereocenters. The number of benzene rings is 1. The lowest BCUT2D eigenvalue weighted by atomic mass is 10.1. The second-order valence-corrected chi connectivity index (χ2v) is 2.80. The van der Waals surface area contributed by atoms with Gasteiger partial charge in [0.25, 0.3) is 0 Å². The summed E-state index contributed by atoms with van der Waals surface area (Å²) in [5.74, 6) is -0.542. The Hall–Kier alpha value is -2.06. The smallest absolute Gasteiger partial charge is 0.250 e. The second kappa shape index (κ2) is 4.98. The van der Waals surface area contributed by atoms with Gasteiger partial charge in [-0.05, 0) is 12.1 Å². The molecule has 5 nitrogen and oxygen atoms in total. The van der Waals surface area contributed by atoms with Gasteiger partial charge in [0.1, 0.15) is 12.7 Å². The third-order valence-corrected chi connectivity index (χ3v) is 1.86. The number of rotatable bonds is 3. The molecule has 0 aromatic heterocycles. The molecule has 0 bridgehead atoms. The highest BCUT2D eigenvalue weighted by Gasteiger charge is 2.08. The fraction of sp³-hybridized carbons (Fsp3) is 0.200. The van der Waals surface area contributed by atoms with Gasteiger partial charge in [-0.15, -0.1) is 0 Å². The van der Waals surface area contributed by atoms with E-state index in [1.165, 1.54) is 0 Å². The lowest BCUT2D eigenvalue weighted by Crippen LogP contribution is -2.16. The van der Waals surface area contributed by atoms with Crippen LogP contribution in [0.4, 0.5) is 11.4 Å². The van der Waals surface area contributed by atoms with E-state index in [1.807, 2.05) is 6.07 Å². The molecule has 0 fully saturated rings. The van der Waals surface area contributed by atoms with E-state index in [0.717, 1.165) is 0 Å². The van der Waals surface area contributed by atoms with Gasteiger partial charge in [-0.2, -0.15) is 5.26 Å². The zero-order valence-electron chi connectivity index (χ0n) is 8.24. The van der Waals surface area contributed by atoms with Gasteiger partial charge >= 0.3 is 0 Å². The number of nitriles is 1. The van der Waals surface area contributed by atoms with Crippen LogP contribution in [0.25, 0.3) is 0 Å². The van der Waals surface area contributed by atoms with Crippen LogP contribution in [0.2, 0.25) is 0 Å². The normalized spacial score (nSPS) is 9.13. The highest BCUT2D eigenvalue weighted by molar-refractivity contribution is 5.94. The molecular formula is C10H11N3O2. The molecule has 15 heavy (non-hydrogen) atoms. The highest BCUT2D eigenvalue weighted by atomic mass is 16.3. The Morgan fingerprint density at radius 2 is 2.20 bits per heavy atom. The number of anilines is 2. The van der Waals surface area contributed by atoms with Gasteiger partial charge in [-0.1, -0.05) is 6.07 Å². The molecule has 3 N–H and O–H groups in total. The number of hydrogen-bond acceptors (Lipinski definition) is 4. The quantitative estimate of drug-likeness (QED) is 0.672. The molecule has 0 atom stereocenters. The van der Waals surface area contributed by atoms with E-state index in [9.17, 15) is 4.79 Å². The molecule has 0 spiro atoms. The standard InChI is InChI=1S/C10H11N3O2/c1-12-8-3-2-4-9(7(8)5-11)13-10(15)6-14/h2-4,12,14H,6H2,1H3,(H,13,15). The van der Waals surface area contributed by atoms with Crippen LogP contribution in [0, 0.1) is 11.3 Å². The molecule has 0 radical (unpaired) electrons. The molecule has 0 saturated carbocycles. The molecule has 0 saturated heterocycles. The number of aliphatic hydroxyl groups is 1. The zero-order valence-corrected chi connectivity index (χ0v) is 8.24. The van der Waals surface area contributed by atoms with Crippen molar-refractivity contribution in [2.75, 3.05) is 24.3 Å².